The zero-order valence-electron chi connectivity index (χ0n) is 12.9. The highest BCUT2D eigenvalue weighted by Crippen LogP contribution is 2.23. The van der Waals surface area contributed by atoms with Crippen LogP contribution in [0.5, 0.6) is 0 Å². The maximum absolute atomic E-state index is 12.2. The van der Waals surface area contributed by atoms with Crippen LogP contribution >= 0.6 is 11.6 Å². The summed E-state index contributed by atoms with van der Waals surface area (Å²) in [5.41, 5.74) is 3.21. The quantitative estimate of drug-likeness (QED) is 0.646. The van der Waals surface area contributed by atoms with Crippen molar-refractivity contribution in [3.05, 3.63) is 70.4 Å². The van der Waals surface area contributed by atoms with Crippen molar-refractivity contribution < 1.29 is 4.79 Å². The lowest BCUT2D eigenvalue weighted by molar-refractivity contribution is -0.112. The summed E-state index contributed by atoms with van der Waals surface area (Å²) in [4.78, 5) is 12.2. The summed E-state index contributed by atoms with van der Waals surface area (Å²) >= 11 is 6.02. The number of nitrogens with zero attached hydrogens (tertiary/aromatic N) is 1. The standard InChI is InChI=1S/C18H16ClN3O/c1-12-5-3-6-15(9-12)21-11-14(10-20)18(23)22-17-8-4-7-16(19)13(17)2/h3-9,11,21H,1-2H3,(H,22,23)/b14-11-. The zero-order chi connectivity index (χ0) is 16.8. The Labute approximate surface area is 140 Å². The second-order valence-corrected chi connectivity index (χ2v) is 5.46. The van der Waals surface area contributed by atoms with Crippen molar-refractivity contribution in [3.63, 3.8) is 0 Å². The summed E-state index contributed by atoms with van der Waals surface area (Å²) in [7, 11) is 0. The molecule has 0 aliphatic rings. The van der Waals surface area contributed by atoms with Gasteiger partial charge < -0.3 is 10.6 Å². The molecule has 5 heteroatoms. The van der Waals surface area contributed by atoms with Crippen LogP contribution in [0.25, 0.3) is 0 Å². The molecule has 0 atom stereocenters. The lowest BCUT2D eigenvalue weighted by Crippen LogP contribution is -2.15. The third-order valence-corrected chi connectivity index (χ3v) is 3.69. The number of amides is 1. The van der Waals surface area contributed by atoms with Gasteiger partial charge in [-0.3, -0.25) is 4.79 Å². The number of nitriles is 1. The number of hydrogen-bond acceptors (Lipinski definition) is 3. The molecule has 0 fully saturated rings. The molecule has 0 spiro atoms. The summed E-state index contributed by atoms with van der Waals surface area (Å²) in [5, 5.41) is 15.4. The van der Waals surface area contributed by atoms with Gasteiger partial charge in [0.25, 0.3) is 5.91 Å². The first-order valence-corrected chi connectivity index (χ1v) is 7.39. The molecule has 2 rings (SSSR count). The van der Waals surface area contributed by atoms with Gasteiger partial charge in [-0.1, -0.05) is 29.8 Å². The van der Waals surface area contributed by atoms with Crippen molar-refractivity contribution in [1.82, 2.24) is 0 Å². The minimum absolute atomic E-state index is 0.0223. The first kappa shape index (κ1) is 16.6. The van der Waals surface area contributed by atoms with Crippen LogP contribution < -0.4 is 10.6 Å². The Balaban J connectivity index is 2.14. The van der Waals surface area contributed by atoms with Crippen molar-refractivity contribution in [3.8, 4) is 6.07 Å². The highest BCUT2D eigenvalue weighted by Gasteiger charge is 2.11. The van der Waals surface area contributed by atoms with Crippen LogP contribution in [0.4, 0.5) is 11.4 Å². The summed E-state index contributed by atoms with van der Waals surface area (Å²) in [6.07, 6.45) is 1.39. The lowest BCUT2D eigenvalue weighted by Gasteiger charge is -2.09. The van der Waals surface area contributed by atoms with Crippen molar-refractivity contribution in [2.45, 2.75) is 13.8 Å². The van der Waals surface area contributed by atoms with E-state index in [1.807, 2.05) is 37.3 Å². The largest absolute Gasteiger partial charge is 0.360 e. The average Bonchev–Trinajstić information content (AvgIpc) is 2.52. The van der Waals surface area contributed by atoms with Gasteiger partial charge in [0.2, 0.25) is 0 Å². The van der Waals surface area contributed by atoms with Gasteiger partial charge in [-0.05, 0) is 49.2 Å². The first-order valence-electron chi connectivity index (χ1n) is 7.01. The Kier molecular flexibility index (Phi) is 5.40. The van der Waals surface area contributed by atoms with E-state index in [1.165, 1.54) is 6.20 Å². The molecule has 2 aromatic carbocycles. The molecule has 0 unspecified atom stereocenters. The molecule has 2 aromatic rings. The molecule has 0 aliphatic carbocycles. The number of aryl methyl sites for hydroxylation is 1. The van der Waals surface area contributed by atoms with E-state index >= 15 is 0 Å². The molecular formula is C18H16ClN3O. The van der Waals surface area contributed by atoms with Gasteiger partial charge in [0, 0.05) is 22.6 Å². The average molecular weight is 326 g/mol. The van der Waals surface area contributed by atoms with Gasteiger partial charge >= 0.3 is 0 Å². The van der Waals surface area contributed by atoms with E-state index in [-0.39, 0.29) is 5.57 Å². The molecule has 0 saturated carbocycles. The van der Waals surface area contributed by atoms with Crippen LogP contribution in [-0.4, -0.2) is 5.91 Å². The van der Waals surface area contributed by atoms with Crippen LogP contribution in [0, 0.1) is 25.2 Å². The number of hydrogen-bond donors (Lipinski definition) is 2. The third-order valence-electron chi connectivity index (χ3n) is 3.28. The summed E-state index contributed by atoms with van der Waals surface area (Å²) in [5.74, 6) is -0.488. The van der Waals surface area contributed by atoms with Crippen LogP contribution in [0.2, 0.25) is 5.02 Å². The molecule has 0 aromatic heterocycles. The molecule has 0 radical (unpaired) electrons. The van der Waals surface area contributed by atoms with Crippen LogP contribution in [0.3, 0.4) is 0 Å². The Hall–Kier alpha value is -2.77. The van der Waals surface area contributed by atoms with Gasteiger partial charge in [-0.25, -0.2) is 0 Å². The van der Waals surface area contributed by atoms with E-state index in [9.17, 15) is 10.1 Å². The van der Waals surface area contributed by atoms with E-state index < -0.39 is 5.91 Å². The highest BCUT2D eigenvalue weighted by molar-refractivity contribution is 6.31. The molecule has 0 heterocycles. The van der Waals surface area contributed by atoms with Crippen molar-refractivity contribution in [1.29, 1.82) is 5.26 Å². The molecule has 116 valence electrons. The van der Waals surface area contributed by atoms with Crippen molar-refractivity contribution in [2.24, 2.45) is 0 Å². The first-order chi connectivity index (χ1) is 11.0. The highest BCUT2D eigenvalue weighted by atomic mass is 35.5. The fourth-order valence-electron chi connectivity index (χ4n) is 1.97. The number of anilines is 2. The number of nitrogens with one attached hydrogen (secondary N) is 2. The fourth-order valence-corrected chi connectivity index (χ4v) is 2.15. The Bertz CT molecular complexity index is 806. The Morgan fingerprint density at radius 1 is 1.22 bits per heavy atom. The van der Waals surface area contributed by atoms with Crippen LogP contribution in [0.1, 0.15) is 11.1 Å². The summed E-state index contributed by atoms with van der Waals surface area (Å²) in [6, 6.07) is 14.8. The van der Waals surface area contributed by atoms with E-state index in [4.69, 9.17) is 11.6 Å². The smallest absolute Gasteiger partial charge is 0.267 e. The normalized spacial score (nSPS) is 10.8. The fraction of sp³-hybridized carbons (Fsp3) is 0.111. The van der Waals surface area contributed by atoms with Crippen molar-refractivity contribution in [2.75, 3.05) is 10.6 Å². The van der Waals surface area contributed by atoms with Gasteiger partial charge in [0.05, 0.1) is 0 Å². The minimum Gasteiger partial charge on any atom is -0.360 e. The lowest BCUT2D eigenvalue weighted by atomic mass is 10.2. The molecule has 23 heavy (non-hydrogen) atoms. The number of carbonyl (C=O) groups excluding carboxylic acids is 1. The topological polar surface area (TPSA) is 64.9 Å². The second kappa shape index (κ2) is 7.48. The molecule has 0 bridgehead atoms. The monoisotopic (exact) mass is 325 g/mol. The number of halogens is 1. The van der Waals surface area contributed by atoms with Crippen LogP contribution in [-0.2, 0) is 4.79 Å². The number of benzene rings is 2. The number of rotatable bonds is 4. The van der Waals surface area contributed by atoms with Gasteiger partial charge in [0.15, 0.2) is 0 Å². The van der Waals surface area contributed by atoms with E-state index in [0.717, 1.165) is 16.8 Å². The predicted octanol–water partition coefficient (Wildman–Crippen LogP) is 4.41. The molecule has 4 nitrogen and oxygen atoms in total. The van der Waals surface area contributed by atoms with Crippen LogP contribution in [0.15, 0.2) is 54.2 Å². The molecule has 2 N–H and O–H groups in total. The molecule has 1 amide bonds. The summed E-state index contributed by atoms with van der Waals surface area (Å²) < 4.78 is 0. The van der Waals surface area contributed by atoms with Gasteiger partial charge in [-0.2, -0.15) is 5.26 Å². The third kappa shape index (κ3) is 4.35. The predicted molar refractivity (Wildman–Crippen MR) is 93.3 cm³/mol. The SMILES string of the molecule is Cc1cccc(N/C=C(/C#N)C(=O)Nc2cccc(Cl)c2C)c1. The number of carbonyl (C=O) groups is 1. The van der Waals surface area contributed by atoms with E-state index in [2.05, 4.69) is 10.6 Å². The Morgan fingerprint density at radius 3 is 2.65 bits per heavy atom. The second-order valence-electron chi connectivity index (χ2n) is 5.05. The molecule has 0 saturated heterocycles. The maximum Gasteiger partial charge on any atom is 0.267 e. The molecular weight excluding hydrogens is 310 g/mol. The van der Waals surface area contributed by atoms with E-state index in [1.54, 1.807) is 25.1 Å². The zero-order valence-corrected chi connectivity index (χ0v) is 13.6. The minimum atomic E-state index is -0.488. The molecule has 0 aliphatic heterocycles. The Morgan fingerprint density at radius 2 is 1.96 bits per heavy atom. The van der Waals surface area contributed by atoms with Gasteiger partial charge in [-0.15, -0.1) is 0 Å². The van der Waals surface area contributed by atoms with Gasteiger partial charge in [0.1, 0.15) is 11.6 Å². The van der Waals surface area contributed by atoms with E-state index in [0.29, 0.717) is 10.7 Å². The maximum atomic E-state index is 12.2. The van der Waals surface area contributed by atoms with Crippen molar-refractivity contribution >= 4 is 28.9 Å². The summed E-state index contributed by atoms with van der Waals surface area (Å²) in [6.45, 7) is 3.77.